The van der Waals surface area contributed by atoms with Gasteiger partial charge in [-0.15, -0.1) is 0 Å². The molecule has 19 heteroatoms. The van der Waals surface area contributed by atoms with E-state index in [0.29, 0.717) is 103 Å². The van der Waals surface area contributed by atoms with Gasteiger partial charge in [-0.2, -0.15) is 0 Å². The fourth-order valence-corrected chi connectivity index (χ4v) is 6.83. The van der Waals surface area contributed by atoms with Gasteiger partial charge in [-0.25, -0.2) is 0 Å². The second-order valence-electron chi connectivity index (χ2n) is 15.8. The standard InChI is InChI=1S/C44H67N7O12/c1-32(52)31-48-44(62)36(16-7-2-5-14-34(53)15-6-3-11-25-50-39(57)18-19-40(50)58)49-43(61)33(29-35(54)22-27-63-28-24-47-38(56)30-45)13-9-10-23-46-37(55)17-8-4-12-26-51-41(59)20-21-42(51)60/h18-21,33,36H,2-17,22-31,45H2,1H3,(H,46,55)(H,47,56)(H,48,62)(H,49,61). The number of amides is 8. The molecule has 0 aliphatic carbocycles. The lowest BCUT2D eigenvalue weighted by Gasteiger charge is -2.22. The van der Waals surface area contributed by atoms with Crippen LogP contribution in [0, 0.1) is 5.92 Å². The number of hydrogen-bond acceptors (Lipinski definition) is 13. The van der Waals surface area contributed by atoms with Gasteiger partial charge in [0, 0.05) is 88.5 Å². The number of carbonyl (C=O) groups excluding carboxylic acids is 11. The summed E-state index contributed by atoms with van der Waals surface area (Å²) in [5.74, 6) is -4.06. The summed E-state index contributed by atoms with van der Waals surface area (Å²) in [6, 6.07) is -0.992. The Morgan fingerprint density at radius 2 is 1.11 bits per heavy atom. The van der Waals surface area contributed by atoms with Crippen LogP contribution in [0.1, 0.15) is 122 Å². The van der Waals surface area contributed by atoms with Crippen LogP contribution in [0.25, 0.3) is 0 Å². The van der Waals surface area contributed by atoms with Gasteiger partial charge < -0.3 is 31.7 Å². The van der Waals surface area contributed by atoms with Crippen molar-refractivity contribution in [3.63, 3.8) is 0 Å². The average Bonchev–Trinajstić information content (AvgIpc) is 3.75. The molecule has 0 fully saturated rings. The van der Waals surface area contributed by atoms with Gasteiger partial charge in [-0.1, -0.05) is 32.1 Å². The maximum absolute atomic E-state index is 13.7. The molecule has 63 heavy (non-hydrogen) atoms. The number of ketones is 3. The minimum atomic E-state index is -0.992. The molecule has 0 radical (unpaired) electrons. The van der Waals surface area contributed by atoms with Gasteiger partial charge in [0.2, 0.25) is 23.6 Å². The number of nitrogens with two attached hydrogens (primary N) is 1. The third kappa shape index (κ3) is 23.6. The summed E-state index contributed by atoms with van der Waals surface area (Å²) in [6.45, 7) is 2.38. The molecule has 0 aromatic carbocycles. The van der Waals surface area contributed by atoms with Crippen LogP contribution in [0.4, 0.5) is 0 Å². The van der Waals surface area contributed by atoms with Crippen LogP contribution in [0.2, 0.25) is 0 Å². The van der Waals surface area contributed by atoms with Crippen molar-refractivity contribution in [2.75, 3.05) is 52.5 Å². The molecular weight excluding hydrogens is 819 g/mol. The molecule has 2 unspecified atom stereocenters. The highest BCUT2D eigenvalue weighted by Gasteiger charge is 2.28. The highest BCUT2D eigenvalue weighted by molar-refractivity contribution is 6.13. The number of imide groups is 2. The van der Waals surface area contributed by atoms with Crippen molar-refractivity contribution < 1.29 is 57.5 Å². The third-order valence-electron chi connectivity index (χ3n) is 10.4. The van der Waals surface area contributed by atoms with Crippen LogP contribution in [0.3, 0.4) is 0 Å². The molecule has 8 amide bonds. The van der Waals surface area contributed by atoms with Crippen LogP contribution in [0.15, 0.2) is 24.3 Å². The Morgan fingerprint density at radius 1 is 0.571 bits per heavy atom. The van der Waals surface area contributed by atoms with Gasteiger partial charge in [-0.3, -0.25) is 62.5 Å². The Hall–Kier alpha value is -5.43. The first kappa shape index (κ1) is 53.7. The van der Waals surface area contributed by atoms with E-state index < -0.39 is 23.8 Å². The minimum absolute atomic E-state index is 0.0196. The number of unbranched alkanes of at least 4 members (excludes halogenated alkanes) is 7. The van der Waals surface area contributed by atoms with E-state index in [2.05, 4.69) is 21.3 Å². The van der Waals surface area contributed by atoms with Gasteiger partial charge in [0.05, 0.1) is 26.3 Å². The molecule has 2 heterocycles. The molecule has 2 atom stereocenters. The van der Waals surface area contributed by atoms with Crippen LogP contribution < -0.4 is 27.0 Å². The number of nitrogens with one attached hydrogen (secondary N) is 4. The molecule has 0 spiro atoms. The number of nitrogens with zero attached hydrogens (tertiary/aromatic N) is 2. The first-order valence-corrected chi connectivity index (χ1v) is 22.2. The number of ether oxygens (including phenoxy) is 1. The Kier molecular flexibility index (Phi) is 26.8. The molecule has 0 bridgehead atoms. The summed E-state index contributed by atoms with van der Waals surface area (Å²) in [6.07, 6.45) is 12.9. The highest BCUT2D eigenvalue weighted by Crippen LogP contribution is 2.17. The second kappa shape index (κ2) is 31.4. The van der Waals surface area contributed by atoms with Crippen molar-refractivity contribution in [3.05, 3.63) is 24.3 Å². The molecule has 6 N–H and O–H groups in total. The van der Waals surface area contributed by atoms with Crippen LogP contribution in [-0.4, -0.2) is 133 Å². The zero-order chi connectivity index (χ0) is 46.4. The monoisotopic (exact) mass is 885 g/mol. The lowest BCUT2D eigenvalue weighted by atomic mass is 9.93. The number of Topliss-reactive ketones (excluding diaryl/α,β-unsaturated/α-hetero) is 3. The van der Waals surface area contributed by atoms with Crippen LogP contribution in [-0.2, 0) is 57.5 Å². The van der Waals surface area contributed by atoms with Gasteiger partial charge in [0.1, 0.15) is 23.4 Å². The Morgan fingerprint density at radius 3 is 1.68 bits per heavy atom. The third-order valence-corrected chi connectivity index (χ3v) is 10.4. The fourth-order valence-electron chi connectivity index (χ4n) is 6.83. The minimum Gasteiger partial charge on any atom is -0.379 e. The topological polar surface area (TPSA) is 278 Å². The van der Waals surface area contributed by atoms with E-state index in [-0.39, 0.29) is 118 Å². The first-order valence-electron chi connectivity index (χ1n) is 22.2. The van der Waals surface area contributed by atoms with E-state index in [1.165, 1.54) is 41.0 Å². The lowest BCUT2D eigenvalue weighted by Crippen LogP contribution is -2.49. The normalized spacial score (nSPS) is 14.3. The van der Waals surface area contributed by atoms with Crippen LogP contribution >= 0.6 is 0 Å². The highest BCUT2D eigenvalue weighted by atomic mass is 16.5. The summed E-state index contributed by atoms with van der Waals surface area (Å²) in [5.41, 5.74) is 5.27. The molecule has 0 saturated carbocycles. The molecule has 2 aliphatic heterocycles. The molecule has 0 saturated heterocycles. The molecule has 0 aromatic heterocycles. The summed E-state index contributed by atoms with van der Waals surface area (Å²) in [4.78, 5) is 137. The van der Waals surface area contributed by atoms with E-state index in [1.54, 1.807) is 0 Å². The largest absolute Gasteiger partial charge is 0.379 e. The maximum Gasteiger partial charge on any atom is 0.253 e. The lowest BCUT2D eigenvalue weighted by molar-refractivity contribution is -0.138. The summed E-state index contributed by atoms with van der Waals surface area (Å²) in [7, 11) is 0. The predicted octanol–water partition coefficient (Wildman–Crippen LogP) is 1.01. The fraction of sp³-hybridized carbons (Fsp3) is 0.659. The predicted molar refractivity (Wildman–Crippen MR) is 230 cm³/mol. The van der Waals surface area contributed by atoms with E-state index >= 15 is 0 Å². The van der Waals surface area contributed by atoms with Crippen molar-refractivity contribution in [1.29, 1.82) is 0 Å². The Bertz CT molecular complexity index is 1630. The van der Waals surface area contributed by atoms with Crippen molar-refractivity contribution in [1.82, 2.24) is 31.1 Å². The van der Waals surface area contributed by atoms with E-state index in [4.69, 9.17) is 10.5 Å². The molecule has 19 nitrogen and oxygen atoms in total. The van der Waals surface area contributed by atoms with Gasteiger partial charge >= 0.3 is 0 Å². The maximum atomic E-state index is 13.7. The van der Waals surface area contributed by atoms with Crippen molar-refractivity contribution >= 4 is 64.6 Å². The molecular formula is C44H67N7O12. The summed E-state index contributed by atoms with van der Waals surface area (Å²) < 4.78 is 5.45. The van der Waals surface area contributed by atoms with Gasteiger partial charge in [-0.05, 0) is 58.3 Å². The number of carbonyl (C=O) groups is 11. The summed E-state index contributed by atoms with van der Waals surface area (Å²) in [5, 5.41) is 10.8. The zero-order valence-corrected chi connectivity index (χ0v) is 36.7. The Labute approximate surface area is 369 Å². The van der Waals surface area contributed by atoms with Crippen molar-refractivity contribution in [2.24, 2.45) is 11.7 Å². The molecule has 2 aliphatic rings. The van der Waals surface area contributed by atoms with Crippen LogP contribution in [0.5, 0.6) is 0 Å². The smallest absolute Gasteiger partial charge is 0.253 e. The van der Waals surface area contributed by atoms with E-state index in [1.807, 2.05) is 0 Å². The van der Waals surface area contributed by atoms with E-state index in [0.717, 1.165) is 0 Å². The quantitative estimate of drug-likeness (QED) is 0.0431. The molecule has 0 aromatic rings. The number of rotatable bonds is 37. The Balaban J connectivity index is 1.85. The van der Waals surface area contributed by atoms with E-state index in [9.17, 15) is 52.7 Å². The van der Waals surface area contributed by atoms with Gasteiger partial charge in [0.15, 0.2) is 0 Å². The first-order chi connectivity index (χ1) is 30.2. The SMILES string of the molecule is CC(=O)CNC(=O)C(CCCCCC(=O)CCCCCN1C(=O)C=CC1=O)NC(=O)C(CCCCNC(=O)CCCCCN1C(=O)C=CC1=O)CC(=O)CCOCCNC(=O)CN. The van der Waals surface area contributed by atoms with Crippen molar-refractivity contribution in [2.45, 2.75) is 129 Å². The van der Waals surface area contributed by atoms with Crippen molar-refractivity contribution in [3.8, 4) is 0 Å². The summed E-state index contributed by atoms with van der Waals surface area (Å²) >= 11 is 0. The number of hydrogen-bond donors (Lipinski definition) is 5. The molecule has 350 valence electrons. The zero-order valence-electron chi connectivity index (χ0n) is 36.7. The average molecular weight is 886 g/mol. The molecule has 2 rings (SSSR count). The van der Waals surface area contributed by atoms with Gasteiger partial charge in [0.25, 0.3) is 23.6 Å². The second-order valence-corrected chi connectivity index (χ2v) is 15.8.